The van der Waals surface area contributed by atoms with E-state index in [1.807, 2.05) is 11.9 Å². The summed E-state index contributed by atoms with van der Waals surface area (Å²) in [6.45, 7) is 1.97. The molecule has 1 aliphatic heterocycles. The lowest BCUT2D eigenvalue weighted by Crippen LogP contribution is -2.35. The Labute approximate surface area is 96.0 Å². The molecular weight excluding hydrogens is 260 g/mol. The van der Waals surface area contributed by atoms with E-state index in [4.69, 9.17) is 0 Å². The number of halogens is 1. The Hall–Kier alpha value is -0.880. The highest BCUT2D eigenvalue weighted by Crippen LogP contribution is 2.21. The summed E-state index contributed by atoms with van der Waals surface area (Å²) >= 11 is 3.26. The Morgan fingerprint density at radius 2 is 2.47 bits per heavy atom. The summed E-state index contributed by atoms with van der Waals surface area (Å²) < 4.78 is 0.499. The summed E-state index contributed by atoms with van der Waals surface area (Å²) in [5.74, 6) is 0.701. The fraction of sp³-hybridized carbons (Fsp3) is 0.556. The Balaban J connectivity index is 2.28. The summed E-state index contributed by atoms with van der Waals surface area (Å²) in [6.07, 6.45) is 2.51. The number of nitrogens with zero attached hydrogens (tertiary/aromatic N) is 2. The van der Waals surface area contributed by atoms with Gasteiger partial charge in [0.15, 0.2) is 0 Å². The van der Waals surface area contributed by atoms with Crippen LogP contribution in [0.4, 0.5) is 5.82 Å². The minimum absolute atomic E-state index is 0.141. The van der Waals surface area contributed by atoms with Crippen molar-refractivity contribution in [1.82, 2.24) is 15.3 Å². The van der Waals surface area contributed by atoms with Gasteiger partial charge in [0.25, 0.3) is 5.56 Å². The van der Waals surface area contributed by atoms with Crippen molar-refractivity contribution in [2.45, 2.75) is 12.5 Å². The highest BCUT2D eigenvalue weighted by molar-refractivity contribution is 9.10. The van der Waals surface area contributed by atoms with Crippen molar-refractivity contribution >= 4 is 21.7 Å². The highest BCUT2D eigenvalue weighted by Gasteiger charge is 2.22. The fourth-order valence-electron chi connectivity index (χ4n) is 1.76. The van der Waals surface area contributed by atoms with Crippen LogP contribution in [0.2, 0.25) is 0 Å². The van der Waals surface area contributed by atoms with Gasteiger partial charge in [0.2, 0.25) is 0 Å². The van der Waals surface area contributed by atoms with Crippen molar-refractivity contribution in [2.75, 3.05) is 25.0 Å². The fourth-order valence-corrected chi connectivity index (χ4v) is 2.26. The zero-order valence-corrected chi connectivity index (χ0v) is 10.0. The molecule has 1 fully saturated rings. The van der Waals surface area contributed by atoms with Crippen LogP contribution in [0.25, 0.3) is 0 Å². The second-order valence-electron chi connectivity index (χ2n) is 3.63. The SMILES string of the molecule is CN(c1nc[nH]c(=O)c1Br)C1CCNC1. The van der Waals surface area contributed by atoms with Crippen LogP contribution in [0.5, 0.6) is 0 Å². The number of nitrogens with one attached hydrogen (secondary N) is 2. The maximum Gasteiger partial charge on any atom is 0.267 e. The molecule has 0 bridgehead atoms. The standard InChI is InChI=1S/C9H13BrN4O/c1-14(6-2-3-11-4-6)8-7(10)9(15)13-5-12-8/h5-6,11H,2-4H2,1H3,(H,12,13,15). The molecule has 15 heavy (non-hydrogen) atoms. The van der Waals surface area contributed by atoms with Crippen molar-refractivity contribution in [3.05, 3.63) is 21.2 Å². The zero-order valence-electron chi connectivity index (χ0n) is 8.46. The van der Waals surface area contributed by atoms with Crippen molar-refractivity contribution in [3.63, 3.8) is 0 Å². The predicted molar refractivity (Wildman–Crippen MR) is 62.2 cm³/mol. The van der Waals surface area contributed by atoms with E-state index in [2.05, 4.69) is 31.2 Å². The van der Waals surface area contributed by atoms with Gasteiger partial charge in [0, 0.05) is 19.6 Å². The van der Waals surface area contributed by atoms with Crippen molar-refractivity contribution in [2.24, 2.45) is 0 Å². The minimum Gasteiger partial charge on any atom is -0.354 e. The van der Waals surface area contributed by atoms with Gasteiger partial charge in [0.05, 0.1) is 6.33 Å². The second kappa shape index (κ2) is 4.32. The predicted octanol–water partition coefficient (Wildman–Crippen LogP) is 0.331. The second-order valence-corrected chi connectivity index (χ2v) is 4.42. The van der Waals surface area contributed by atoms with Crippen molar-refractivity contribution in [1.29, 1.82) is 0 Å². The van der Waals surface area contributed by atoms with E-state index in [0.29, 0.717) is 16.3 Å². The molecule has 0 aliphatic carbocycles. The van der Waals surface area contributed by atoms with E-state index < -0.39 is 0 Å². The van der Waals surface area contributed by atoms with Gasteiger partial charge in [-0.3, -0.25) is 4.79 Å². The first-order chi connectivity index (χ1) is 7.20. The Kier molecular flexibility index (Phi) is 3.06. The molecule has 5 nitrogen and oxygen atoms in total. The first-order valence-electron chi connectivity index (χ1n) is 4.87. The summed E-state index contributed by atoms with van der Waals surface area (Å²) in [6, 6.07) is 0.413. The molecule has 0 spiro atoms. The van der Waals surface area contributed by atoms with Gasteiger partial charge in [-0.2, -0.15) is 0 Å². The highest BCUT2D eigenvalue weighted by atomic mass is 79.9. The van der Waals surface area contributed by atoms with E-state index in [1.54, 1.807) is 0 Å². The van der Waals surface area contributed by atoms with Gasteiger partial charge < -0.3 is 15.2 Å². The molecular formula is C9H13BrN4O. The molecule has 0 radical (unpaired) electrons. The van der Waals surface area contributed by atoms with Gasteiger partial charge in [-0.05, 0) is 28.9 Å². The topological polar surface area (TPSA) is 61.0 Å². The maximum absolute atomic E-state index is 11.4. The van der Waals surface area contributed by atoms with Gasteiger partial charge in [-0.1, -0.05) is 0 Å². The van der Waals surface area contributed by atoms with Crippen LogP contribution >= 0.6 is 15.9 Å². The lowest BCUT2D eigenvalue weighted by atomic mass is 10.2. The zero-order chi connectivity index (χ0) is 10.8. The molecule has 2 N–H and O–H groups in total. The van der Waals surface area contributed by atoms with Gasteiger partial charge >= 0.3 is 0 Å². The Morgan fingerprint density at radius 3 is 3.13 bits per heavy atom. The minimum atomic E-state index is -0.141. The molecule has 0 amide bonds. The normalized spacial score (nSPS) is 20.5. The van der Waals surface area contributed by atoms with Gasteiger partial charge in [0.1, 0.15) is 10.3 Å². The van der Waals surface area contributed by atoms with Crippen LogP contribution < -0.4 is 15.8 Å². The molecule has 1 saturated heterocycles. The summed E-state index contributed by atoms with van der Waals surface area (Å²) in [7, 11) is 1.96. The summed E-state index contributed by atoms with van der Waals surface area (Å²) in [5.41, 5.74) is -0.141. The van der Waals surface area contributed by atoms with Gasteiger partial charge in [-0.25, -0.2) is 4.98 Å². The van der Waals surface area contributed by atoms with Crippen LogP contribution in [-0.4, -0.2) is 36.1 Å². The third-order valence-corrected chi connectivity index (χ3v) is 3.41. The number of hydrogen-bond donors (Lipinski definition) is 2. The summed E-state index contributed by atoms with van der Waals surface area (Å²) in [4.78, 5) is 20.1. The van der Waals surface area contributed by atoms with E-state index >= 15 is 0 Å². The third-order valence-electron chi connectivity index (χ3n) is 2.69. The smallest absolute Gasteiger partial charge is 0.267 e. The third kappa shape index (κ3) is 2.05. The largest absolute Gasteiger partial charge is 0.354 e. The quantitative estimate of drug-likeness (QED) is 0.815. The molecule has 0 saturated carbocycles. The van der Waals surface area contributed by atoms with Crippen LogP contribution in [0, 0.1) is 0 Å². The number of H-pyrrole nitrogens is 1. The molecule has 82 valence electrons. The first-order valence-corrected chi connectivity index (χ1v) is 5.66. The summed E-state index contributed by atoms with van der Waals surface area (Å²) in [5, 5.41) is 3.29. The number of hydrogen-bond acceptors (Lipinski definition) is 4. The van der Waals surface area contributed by atoms with Crippen LogP contribution in [-0.2, 0) is 0 Å². The van der Waals surface area contributed by atoms with E-state index in [0.717, 1.165) is 19.5 Å². The molecule has 1 aromatic heterocycles. The molecule has 1 atom stereocenters. The number of aromatic amines is 1. The van der Waals surface area contributed by atoms with E-state index in [9.17, 15) is 4.79 Å². The first kappa shape index (κ1) is 10.6. The molecule has 1 unspecified atom stereocenters. The van der Waals surface area contributed by atoms with Crippen molar-refractivity contribution < 1.29 is 0 Å². The number of likely N-dealkylation sites (N-methyl/N-ethyl adjacent to an activating group) is 1. The molecule has 0 aromatic carbocycles. The maximum atomic E-state index is 11.4. The average molecular weight is 273 g/mol. The lowest BCUT2D eigenvalue weighted by Gasteiger charge is -2.25. The van der Waals surface area contributed by atoms with Crippen molar-refractivity contribution in [3.8, 4) is 0 Å². The molecule has 2 heterocycles. The number of aromatic nitrogens is 2. The van der Waals surface area contributed by atoms with Gasteiger partial charge in [-0.15, -0.1) is 0 Å². The average Bonchev–Trinajstić information content (AvgIpc) is 2.74. The van der Waals surface area contributed by atoms with E-state index in [1.165, 1.54) is 6.33 Å². The van der Waals surface area contributed by atoms with Crippen LogP contribution in [0.1, 0.15) is 6.42 Å². The molecule has 1 aromatic rings. The Bertz CT molecular complexity index is 399. The lowest BCUT2D eigenvalue weighted by molar-refractivity contribution is 0.674. The number of rotatable bonds is 2. The molecule has 1 aliphatic rings. The molecule has 2 rings (SSSR count). The monoisotopic (exact) mass is 272 g/mol. The Morgan fingerprint density at radius 1 is 1.67 bits per heavy atom. The van der Waals surface area contributed by atoms with Crippen LogP contribution in [0.3, 0.4) is 0 Å². The van der Waals surface area contributed by atoms with E-state index in [-0.39, 0.29) is 5.56 Å². The number of anilines is 1. The van der Waals surface area contributed by atoms with Crippen LogP contribution in [0.15, 0.2) is 15.6 Å². The molecule has 6 heteroatoms.